The maximum absolute atomic E-state index is 12.9. The minimum Gasteiger partial charge on any atom is -0.496 e. The van der Waals surface area contributed by atoms with Crippen LogP contribution in [-0.2, 0) is 6.54 Å². The smallest absolute Gasteiger partial charge is 0.272 e. The van der Waals surface area contributed by atoms with Crippen LogP contribution in [0.5, 0.6) is 5.75 Å². The van der Waals surface area contributed by atoms with Gasteiger partial charge >= 0.3 is 0 Å². The molecule has 0 bridgehead atoms. The van der Waals surface area contributed by atoms with Crippen LogP contribution >= 0.6 is 11.6 Å². The van der Waals surface area contributed by atoms with E-state index in [2.05, 4.69) is 4.98 Å². The molecule has 1 heterocycles. The van der Waals surface area contributed by atoms with E-state index in [1.54, 1.807) is 54.3 Å². The molecule has 1 amide bonds. The molecule has 128 valence electrons. The Bertz CT molecular complexity index is 877. The van der Waals surface area contributed by atoms with Gasteiger partial charge in [-0.05, 0) is 30.3 Å². The summed E-state index contributed by atoms with van der Waals surface area (Å²) in [7, 11) is 3.34. The standard InChI is InChI=1S/C19H18ClN3O2/c1-22(12-14-10-15(20)8-9-18(14)25-2)19(24)17-11-21-13-23(17)16-6-4-3-5-7-16/h3-11,13H,12H2,1-2H3. The Balaban J connectivity index is 1.85. The van der Waals surface area contributed by atoms with E-state index in [4.69, 9.17) is 16.3 Å². The average Bonchev–Trinajstić information content (AvgIpc) is 3.11. The Hall–Kier alpha value is -2.79. The summed E-state index contributed by atoms with van der Waals surface area (Å²) in [6, 6.07) is 15.0. The van der Waals surface area contributed by atoms with Gasteiger partial charge in [0.15, 0.2) is 0 Å². The first kappa shape index (κ1) is 17.0. The molecule has 0 fully saturated rings. The van der Waals surface area contributed by atoms with Crippen molar-refractivity contribution in [3.63, 3.8) is 0 Å². The number of rotatable bonds is 5. The molecular weight excluding hydrogens is 338 g/mol. The topological polar surface area (TPSA) is 47.4 Å². The minimum atomic E-state index is -0.136. The van der Waals surface area contributed by atoms with Gasteiger partial charge in [0.05, 0.1) is 19.6 Å². The van der Waals surface area contributed by atoms with E-state index in [9.17, 15) is 4.79 Å². The Morgan fingerprint density at radius 1 is 1.24 bits per heavy atom. The minimum absolute atomic E-state index is 0.136. The van der Waals surface area contributed by atoms with Gasteiger partial charge in [0.2, 0.25) is 0 Å². The number of ether oxygens (including phenoxy) is 1. The van der Waals surface area contributed by atoms with Crippen LogP contribution < -0.4 is 4.74 Å². The number of imidazole rings is 1. The fourth-order valence-corrected chi connectivity index (χ4v) is 2.84. The molecule has 3 rings (SSSR count). The van der Waals surface area contributed by atoms with E-state index >= 15 is 0 Å². The molecule has 25 heavy (non-hydrogen) atoms. The number of halogens is 1. The Labute approximate surface area is 151 Å². The summed E-state index contributed by atoms with van der Waals surface area (Å²) in [6.07, 6.45) is 3.21. The van der Waals surface area contributed by atoms with Gasteiger partial charge in [-0.1, -0.05) is 29.8 Å². The van der Waals surface area contributed by atoms with Crippen molar-refractivity contribution >= 4 is 17.5 Å². The van der Waals surface area contributed by atoms with Crippen molar-refractivity contribution in [2.45, 2.75) is 6.54 Å². The van der Waals surface area contributed by atoms with Crippen LogP contribution in [0.15, 0.2) is 61.1 Å². The molecule has 1 aromatic heterocycles. The first-order valence-electron chi connectivity index (χ1n) is 7.76. The van der Waals surface area contributed by atoms with Gasteiger partial charge < -0.3 is 9.64 Å². The lowest BCUT2D eigenvalue weighted by atomic mass is 10.2. The van der Waals surface area contributed by atoms with E-state index in [1.165, 1.54) is 0 Å². The lowest BCUT2D eigenvalue weighted by molar-refractivity contribution is 0.0776. The highest BCUT2D eigenvalue weighted by Gasteiger charge is 2.19. The third-order valence-electron chi connectivity index (χ3n) is 3.89. The summed E-state index contributed by atoms with van der Waals surface area (Å²) >= 11 is 6.07. The highest BCUT2D eigenvalue weighted by Crippen LogP contribution is 2.24. The highest BCUT2D eigenvalue weighted by molar-refractivity contribution is 6.30. The van der Waals surface area contributed by atoms with Crippen molar-refractivity contribution in [2.24, 2.45) is 0 Å². The number of aromatic nitrogens is 2. The van der Waals surface area contributed by atoms with E-state index in [1.807, 2.05) is 30.3 Å². The summed E-state index contributed by atoms with van der Waals surface area (Å²) in [6.45, 7) is 0.378. The van der Waals surface area contributed by atoms with Gasteiger partial charge in [-0.3, -0.25) is 9.36 Å². The van der Waals surface area contributed by atoms with Crippen LogP contribution in [0.25, 0.3) is 5.69 Å². The number of methoxy groups -OCH3 is 1. The molecule has 0 N–H and O–H groups in total. The Morgan fingerprint density at radius 3 is 2.72 bits per heavy atom. The fraction of sp³-hybridized carbons (Fsp3) is 0.158. The number of benzene rings is 2. The van der Waals surface area contributed by atoms with Gasteiger partial charge in [0.25, 0.3) is 5.91 Å². The zero-order valence-electron chi connectivity index (χ0n) is 14.0. The average molecular weight is 356 g/mol. The Kier molecular flexibility index (Phi) is 5.05. The van der Waals surface area contributed by atoms with Crippen LogP contribution in [0.1, 0.15) is 16.1 Å². The van der Waals surface area contributed by atoms with Gasteiger partial charge in [-0.2, -0.15) is 0 Å². The summed E-state index contributed by atoms with van der Waals surface area (Å²) in [5, 5.41) is 0.603. The molecule has 5 nitrogen and oxygen atoms in total. The van der Waals surface area contributed by atoms with Crippen LogP contribution in [0, 0.1) is 0 Å². The maximum Gasteiger partial charge on any atom is 0.272 e. The van der Waals surface area contributed by atoms with Crippen LogP contribution in [-0.4, -0.2) is 34.5 Å². The summed E-state index contributed by atoms with van der Waals surface area (Å²) < 4.78 is 7.12. The molecule has 0 aliphatic carbocycles. The van der Waals surface area contributed by atoms with E-state index in [0.29, 0.717) is 23.0 Å². The molecule has 0 aliphatic heterocycles. The van der Waals surface area contributed by atoms with Gasteiger partial charge in [-0.15, -0.1) is 0 Å². The number of para-hydroxylation sites is 1. The van der Waals surface area contributed by atoms with Crippen molar-refractivity contribution in [1.29, 1.82) is 0 Å². The van der Waals surface area contributed by atoms with Gasteiger partial charge in [-0.25, -0.2) is 4.98 Å². The number of nitrogens with zero attached hydrogens (tertiary/aromatic N) is 3. The summed E-state index contributed by atoms with van der Waals surface area (Å²) in [4.78, 5) is 18.6. The normalized spacial score (nSPS) is 10.5. The highest BCUT2D eigenvalue weighted by atomic mass is 35.5. The zero-order chi connectivity index (χ0) is 17.8. The number of hydrogen-bond acceptors (Lipinski definition) is 3. The lowest BCUT2D eigenvalue weighted by Crippen LogP contribution is -2.28. The van der Waals surface area contributed by atoms with Gasteiger partial charge in [0.1, 0.15) is 11.4 Å². The fourth-order valence-electron chi connectivity index (χ4n) is 2.64. The number of hydrogen-bond donors (Lipinski definition) is 0. The molecular formula is C19H18ClN3O2. The predicted molar refractivity (Wildman–Crippen MR) is 97.4 cm³/mol. The molecule has 0 unspecified atom stereocenters. The molecule has 2 aromatic carbocycles. The monoisotopic (exact) mass is 355 g/mol. The third kappa shape index (κ3) is 3.67. The summed E-state index contributed by atoms with van der Waals surface area (Å²) in [5.74, 6) is 0.559. The molecule has 0 saturated heterocycles. The predicted octanol–water partition coefficient (Wildman–Crippen LogP) is 3.81. The summed E-state index contributed by atoms with van der Waals surface area (Å²) in [5.41, 5.74) is 2.23. The van der Waals surface area contributed by atoms with Crippen molar-refractivity contribution in [3.05, 3.63) is 77.3 Å². The van der Waals surface area contributed by atoms with E-state index < -0.39 is 0 Å². The largest absolute Gasteiger partial charge is 0.496 e. The molecule has 0 aliphatic rings. The van der Waals surface area contributed by atoms with Crippen molar-refractivity contribution in [3.8, 4) is 11.4 Å². The van der Waals surface area contributed by atoms with E-state index in [0.717, 1.165) is 11.3 Å². The first-order chi connectivity index (χ1) is 12.1. The van der Waals surface area contributed by atoms with Crippen molar-refractivity contribution in [1.82, 2.24) is 14.5 Å². The molecule has 0 atom stereocenters. The second-order valence-corrected chi connectivity index (χ2v) is 6.04. The van der Waals surface area contributed by atoms with Crippen molar-refractivity contribution in [2.75, 3.05) is 14.2 Å². The third-order valence-corrected chi connectivity index (χ3v) is 4.12. The maximum atomic E-state index is 12.9. The molecule has 0 saturated carbocycles. The van der Waals surface area contributed by atoms with Crippen LogP contribution in [0.2, 0.25) is 5.02 Å². The zero-order valence-corrected chi connectivity index (χ0v) is 14.8. The van der Waals surface area contributed by atoms with Crippen LogP contribution in [0.3, 0.4) is 0 Å². The van der Waals surface area contributed by atoms with Gasteiger partial charge in [0, 0.05) is 29.9 Å². The first-order valence-corrected chi connectivity index (χ1v) is 8.13. The number of amides is 1. The lowest BCUT2D eigenvalue weighted by Gasteiger charge is -2.19. The molecule has 6 heteroatoms. The van der Waals surface area contributed by atoms with E-state index in [-0.39, 0.29) is 5.91 Å². The second-order valence-electron chi connectivity index (χ2n) is 5.60. The SMILES string of the molecule is COc1ccc(Cl)cc1CN(C)C(=O)c1cncn1-c1ccccc1. The second kappa shape index (κ2) is 7.40. The number of carbonyl (C=O) groups excluding carboxylic acids is 1. The van der Waals surface area contributed by atoms with Crippen molar-refractivity contribution < 1.29 is 9.53 Å². The number of carbonyl (C=O) groups is 1. The quantitative estimate of drug-likeness (QED) is 0.699. The van der Waals surface area contributed by atoms with Crippen LogP contribution in [0.4, 0.5) is 0 Å². The molecule has 0 spiro atoms. The Morgan fingerprint density at radius 2 is 2.00 bits per heavy atom. The molecule has 0 radical (unpaired) electrons. The molecule has 3 aromatic rings.